The summed E-state index contributed by atoms with van der Waals surface area (Å²) in [6.45, 7) is 2.22. The molecule has 1 aromatic carbocycles. The molecule has 0 saturated heterocycles. The van der Waals surface area contributed by atoms with E-state index in [1.54, 1.807) is 0 Å². The van der Waals surface area contributed by atoms with Crippen LogP contribution in [0.15, 0.2) is 48.0 Å². The summed E-state index contributed by atoms with van der Waals surface area (Å²) in [4.78, 5) is 18.2. The van der Waals surface area contributed by atoms with E-state index in [2.05, 4.69) is 41.5 Å². The number of benzene rings is 1. The molecule has 1 N–H and O–H groups in total. The van der Waals surface area contributed by atoms with Gasteiger partial charge in [-0.15, -0.1) is 22.7 Å². The van der Waals surface area contributed by atoms with Gasteiger partial charge in [0.1, 0.15) is 0 Å². The highest BCUT2D eigenvalue weighted by Crippen LogP contribution is 2.22. The normalized spacial score (nSPS) is 10.7. The monoisotopic (exact) mass is 356 g/mol. The fourth-order valence-corrected chi connectivity index (χ4v) is 3.88. The topological polar surface area (TPSA) is 42.0 Å². The van der Waals surface area contributed by atoms with Crippen molar-refractivity contribution in [3.63, 3.8) is 0 Å². The molecule has 1 amide bonds. The second-order valence-corrected chi connectivity index (χ2v) is 7.72. The van der Waals surface area contributed by atoms with E-state index in [9.17, 15) is 4.79 Å². The van der Waals surface area contributed by atoms with Gasteiger partial charge in [-0.2, -0.15) is 0 Å². The van der Waals surface area contributed by atoms with Crippen LogP contribution >= 0.6 is 22.7 Å². The first-order valence-electron chi connectivity index (χ1n) is 8.12. The molecular formula is C19H20N2OS2. The Balaban J connectivity index is 1.58. The molecule has 2 aromatic heterocycles. The summed E-state index contributed by atoms with van der Waals surface area (Å²) in [5, 5.41) is 5.41. The van der Waals surface area contributed by atoms with Crippen molar-refractivity contribution in [2.45, 2.75) is 32.6 Å². The fraction of sp³-hybridized carbons (Fsp3) is 0.263. The van der Waals surface area contributed by atoms with Crippen molar-refractivity contribution >= 4 is 33.7 Å². The molecular weight excluding hydrogens is 336 g/mol. The molecule has 5 heteroatoms. The first-order chi connectivity index (χ1) is 11.7. The number of anilines is 1. The van der Waals surface area contributed by atoms with Crippen LogP contribution in [0.3, 0.4) is 0 Å². The van der Waals surface area contributed by atoms with Gasteiger partial charge in [-0.25, -0.2) is 4.98 Å². The first kappa shape index (κ1) is 16.9. The molecule has 0 saturated carbocycles. The number of rotatable bonds is 7. The van der Waals surface area contributed by atoms with E-state index in [0.29, 0.717) is 10.0 Å². The maximum atomic E-state index is 12.0. The molecule has 0 unspecified atom stereocenters. The third-order valence-electron chi connectivity index (χ3n) is 3.74. The molecule has 0 radical (unpaired) electrons. The lowest BCUT2D eigenvalue weighted by molar-refractivity contribution is 0.103. The summed E-state index contributed by atoms with van der Waals surface area (Å²) in [7, 11) is 0. The van der Waals surface area contributed by atoms with Crippen LogP contribution in [0.1, 0.15) is 45.4 Å². The Kier molecular flexibility index (Phi) is 5.77. The van der Waals surface area contributed by atoms with Crippen LogP contribution in [0.5, 0.6) is 0 Å². The molecule has 0 spiro atoms. The van der Waals surface area contributed by atoms with E-state index in [1.165, 1.54) is 46.6 Å². The molecule has 0 aliphatic rings. The SMILES string of the molecule is CCCCc1ccc(Cc2cnc(NC(=O)c3cccs3)s2)cc1. The zero-order chi connectivity index (χ0) is 16.8. The number of amides is 1. The average Bonchev–Trinajstić information content (AvgIpc) is 3.26. The van der Waals surface area contributed by atoms with Crippen LogP contribution < -0.4 is 5.32 Å². The quantitative estimate of drug-likeness (QED) is 0.616. The number of nitrogens with one attached hydrogen (secondary N) is 1. The summed E-state index contributed by atoms with van der Waals surface area (Å²) in [6.07, 6.45) is 6.31. The summed E-state index contributed by atoms with van der Waals surface area (Å²) < 4.78 is 0. The lowest BCUT2D eigenvalue weighted by Crippen LogP contribution is -2.09. The molecule has 2 heterocycles. The predicted molar refractivity (Wildman–Crippen MR) is 102 cm³/mol. The Morgan fingerprint density at radius 2 is 1.96 bits per heavy atom. The van der Waals surface area contributed by atoms with E-state index in [1.807, 2.05) is 23.7 Å². The number of nitrogens with zero attached hydrogens (tertiary/aromatic N) is 1. The number of hydrogen-bond donors (Lipinski definition) is 1. The van der Waals surface area contributed by atoms with Crippen molar-refractivity contribution in [2.75, 3.05) is 5.32 Å². The van der Waals surface area contributed by atoms with Gasteiger partial charge < -0.3 is 0 Å². The van der Waals surface area contributed by atoms with E-state index < -0.39 is 0 Å². The van der Waals surface area contributed by atoms with Gasteiger partial charge in [0.25, 0.3) is 5.91 Å². The molecule has 0 aliphatic heterocycles. The number of thiazole rings is 1. The molecule has 3 aromatic rings. The molecule has 124 valence electrons. The first-order valence-corrected chi connectivity index (χ1v) is 9.81. The highest BCUT2D eigenvalue weighted by Gasteiger charge is 2.10. The number of unbranched alkanes of at least 4 members (excludes halogenated alkanes) is 1. The van der Waals surface area contributed by atoms with Crippen molar-refractivity contribution in [3.8, 4) is 0 Å². The Morgan fingerprint density at radius 3 is 2.67 bits per heavy atom. The fourth-order valence-electron chi connectivity index (χ4n) is 2.42. The third kappa shape index (κ3) is 4.52. The van der Waals surface area contributed by atoms with Crippen molar-refractivity contribution in [2.24, 2.45) is 0 Å². The van der Waals surface area contributed by atoms with Gasteiger partial charge >= 0.3 is 0 Å². The van der Waals surface area contributed by atoms with Crippen LogP contribution in [0.25, 0.3) is 0 Å². The number of aryl methyl sites for hydroxylation is 1. The van der Waals surface area contributed by atoms with Crippen LogP contribution in [0.4, 0.5) is 5.13 Å². The van der Waals surface area contributed by atoms with Crippen molar-refractivity contribution < 1.29 is 4.79 Å². The van der Waals surface area contributed by atoms with Gasteiger partial charge in [-0.05, 0) is 35.4 Å². The Bertz CT molecular complexity index is 776. The van der Waals surface area contributed by atoms with Gasteiger partial charge in [0.15, 0.2) is 5.13 Å². The Morgan fingerprint density at radius 1 is 1.17 bits per heavy atom. The Hall–Kier alpha value is -1.98. The smallest absolute Gasteiger partial charge is 0.267 e. The zero-order valence-corrected chi connectivity index (χ0v) is 15.3. The lowest BCUT2D eigenvalue weighted by atomic mass is 10.0. The molecule has 0 bridgehead atoms. The molecule has 24 heavy (non-hydrogen) atoms. The largest absolute Gasteiger partial charge is 0.297 e. The minimum atomic E-state index is -0.0915. The maximum absolute atomic E-state index is 12.0. The number of hydrogen-bond acceptors (Lipinski definition) is 4. The average molecular weight is 357 g/mol. The Labute approximate surface area is 150 Å². The summed E-state index contributed by atoms with van der Waals surface area (Å²) in [5.41, 5.74) is 2.67. The van der Waals surface area contributed by atoms with Crippen molar-refractivity contribution in [1.29, 1.82) is 0 Å². The molecule has 0 aliphatic carbocycles. The summed E-state index contributed by atoms with van der Waals surface area (Å²) >= 11 is 2.96. The second kappa shape index (κ2) is 8.22. The number of aromatic nitrogens is 1. The molecule has 3 nitrogen and oxygen atoms in total. The van der Waals surface area contributed by atoms with Crippen LogP contribution in [0.2, 0.25) is 0 Å². The van der Waals surface area contributed by atoms with E-state index >= 15 is 0 Å². The minimum absolute atomic E-state index is 0.0915. The number of carbonyl (C=O) groups is 1. The van der Waals surface area contributed by atoms with E-state index in [-0.39, 0.29) is 5.91 Å². The standard InChI is InChI=1S/C19H20N2OS2/c1-2-3-5-14-7-9-15(10-8-14)12-16-13-20-19(24-16)21-18(22)17-6-4-11-23-17/h4,6-11,13H,2-3,5,12H2,1H3,(H,20,21,22). The van der Waals surface area contributed by atoms with Crippen molar-refractivity contribution in [1.82, 2.24) is 4.98 Å². The summed E-state index contributed by atoms with van der Waals surface area (Å²) in [6, 6.07) is 12.5. The maximum Gasteiger partial charge on any atom is 0.267 e. The van der Waals surface area contributed by atoms with E-state index in [0.717, 1.165) is 17.7 Å². The predicted octanol–water partition coefficient (Wildman–Crippen LogP) is 5.39. The van der Waals surface area contributed by atoms with Crippen LogP contribution in [-0.4, -0.2) is 10.9 Å². The van der Waals surface area contributed by atoms with Crippen molar-refractivity contribution in [3.05, 3.63) is 68.9 Å². The second-order valence-electron chi connectivity index (χ2n) is 5.66. The zero-order valence-electron chi connectivity index (χ0n) is 13.6. The number of thiophene rings is 1. The van der Waals surface area contributed by atoms with E-state index in [4.69, 9.17) is 0 Å². The highest BCUT2D eigenvalue weighted by molar-refractivity contribution is 7.16. The molecule has 0 atom stereocenters. The third-order valence-corrected chi connectivity index (χ3v) is 5.52. The van der Waals surface area contributed by atoms with Crippen LogP contribution in [0, 0.1) is 0 Å². The van der Waals surface area contributed by atoms with Gasteiger partial charge in [0, 0.05) is 17.5 Å². The molecule has 3 rings (SSSR count). The molecule has 0 fully saturated rings. The number of carbonyl (C=O) groups excluding carboxylic acids is 1. The minimum Gasteiger partial charge on any atom is -0.297 e. The summed E-state index contributed by atoms with van der Waals surface area (Å²) in [5.74, 6) is -0.0915. The van der Waals surface area contributed by atoms with Gasteiger partial charge in [-0.3, -0.25) is 10.1 Å². The van der Waals surface area contributed by atoms with Gasteiger partial charge in [-0.1, -0.05) is 43.7 Å². The van der Waals surface area contributed by atoms with Gasteiger partial charge in [0.2, 0.25) is 0 Å². The highest BCUT2D eigenvalue weighted by atomic mass is 32.1. The van der Waals surface area contributed by atoms with Crippen LogP contribution in [-0.2, 0) is 12.8 Å². The van der Waals surface area contributed by atoms with Gasteiger partial charge in [0.05, 0.1) is 4.88 Å². The lowest BCUT2D eigenvalue weighted by Gasteiger charge is -2.02.